The Morgan fingerprint density at radius 2 is 1.79 bits per heavy atom. The Kier molecular flexibility index (Phi) is 5.40. The van der Waals surface area contributed by atoms with E-state index in [2.05, 4.69) is 9.72 Å². The molecule has 8 heteroatoms. The highest BCUT2D eigenvalue weighted by Gasteiger charge is 2.10. The molecule has 24 heavy (non-hydrogen) atoms. The second-order valence-electron chi connectivity index (χ2n) is 5.06. The molecule has 0 fully saturated rings. The maximum absolute atomic E-state index is 11.2. The van der Waals surface area contributed by atoms with Gasteiger partial charge in [0.25, 0.3) is 0 Å². The highest BCUT2D eigenvalue weighted by molar-refractivity contribution is 7.86. The van der Waals surface area contributed by atoms with E-state index in [1.165, 1.54) is 13.2 Å². The lowest BCUT2D eigenvalue weighted by atomic mass is 10.1. The van der Waals surface area contributed by atoms with Gasteiger partial charge in [-0.15, -0.1) is 0 Å². The predicted octanol–water partition coefficient (Wildman–Crippen LogP) is 2.24. The second kappa shape index (κ2) is 7.31. The summed E-state index contributed by atoms with van der Waals surface area (Å²) in [7, 11) is -2.33. The van der Waals surface area contributed by atoms with E-state index in [1.807, 2.05) is 0 Å². The van der Waals surface area contributed by atoms with Crippen LogP contribution in [0.5, 0.6) is 17.5 Å². The minimum Gasteiger partial charge on any atom is -0.469 e. The molecule has 0 saturated heterocycles. The SMILES string of the molecule is COC(=O)Cc1ccc(Oc2nc(OS(C)(=O)=O)ccc2C)cc1. The molecule has 2 rings (SSSR count). The Morgan fingerprint density at radius 3 is 2.38 bits per heavy atom. The first-order valence-corrected chi connectivity index (χ1v) is 8.79. The smallest absolute Gasteiger partial charge is 0.309 e. The number of esters is 1. The summed E-state index contributed by atoms with van der Waals surface area (Å²) >= 11 is 0. The van der Waals surface area contributed by atoms with E-state index in [9.17, 15) is 13.2 Å². The van der Waals surface area contributed by atoms with Crippen LogP contribution in [0.15, 0.2) is 36.4 Å². The van der Waals surface area contributed by atoms with Crippen molar-refractivity contribution in [3.8, 4) is 17.5 Å². The lowest BCUT2D eigenvalue weighted by molar-refractivity contribution is -0.139. The maximum Gasteiger partial charge on any atom is 0.309 e. The van der Waals surface area contributed by atoms with Crippen LogP contribution in [0, 0.1) is 6.92 Å². The van der Waals surface area contributed by atoms with Crippen molar-refractivity contribution in [3.63, 3.8) is 0 Å². The summed E-state index contributed by atoms with van der Waals surface area (Å²) < 4.78 is 37.3. The molecule has 7 nitrogen and oxygen atoms in total. The molecule has 128 valence electrons. The van der Waals surface area contributed by atoms with Gasteiger partial charge >= 0.3 is 16.1 Å². The van der Waals surface area contributed by atoms with Crippen molar-refractivity contribution in [3.05, 3.63) is 47.5 Å². The Morgan fingerprint density at radius 1 is 1.12 bits per heavy atom. The molecule has 0 atom stereocenters. The van der Waals surface area contributed by atoms with E-state index >= 15 is 0 Å². The Balaban J connectivity index is 2.15. The van der Waals surface area contributed by atoms with Crippen LogP contribution in [0.1, 0.15) is 11.1 Å². The summed E-state index contributed by atoms with van der Waals surface area (Å²) in [5.41, 5.74) is 1.50. The number of aryl methyl sites for hydroxylation is 1. The standard InChI is InChI=1S/C16H17NO6S/c1-11-4-9-14(23-24(3,19)20)17-16(11)22-13-7-5-12(6-8-13)10-15(18)21-2/h4-9H,10H2,1-3H3. The number of carbonyl (C=O) groups is 1. The average molecular weight is 351 g/mol. The monoisotopic (exact) mass is 351 g/mol. The van der Waals surface area contributed by atoms with Crippen molar-refractivity contribution in [1.29, 1.82) is 0 Å². The summed E-state index contributed by atoms with van der Waals surface area (Å²) in [5, 5.41) is 0. The van der Waals surface area contributed by atoms with Gasteiger partial charge in [-0.05, 0) is 30.7 Å². The lowest BCUT2D eigenvalue weighted by Crippen LogP contribution is -2.07. The largest absolute Gasteiger partial charge is 0.469 e. The van der Waals surface area contributed by atoms with Crippen molar-refractivity contribution in [2.24, 2.45) is 0 Å². The van der Waals surface area contributed by atoms with Crippen LogP contribution in [-0.4, -0.2) is 32.7 Å². The quantitative estimate of drug-likeness (QED) is 0.582. The van der Waals surface area contributed by atoms with E-state index < -0.39 is 10.1 Å². The summed E-state index contributed by atoms with van der Waals surface area (Å²) in [6.07, 6.45) is 1.11. The molecule has 0 bridgehead atoms. The van der Waals surface area contributed by atoms with Gasteiger partial charge in [0.15, 0.2) is 0 Å². The van der Waals surface area contributed by atoms with Crippen molar-refractivity contribution >= 4 is 16.1 Å². The normalized spacial score (nSPS) is 11.0. The summed E-state index contributed by atoms with van der Waals surface area (Å²) in [6.45, 7) is 1.78. The highest BCUT2D eigenvalue weighted by Crippen LogP contribution is 2.26. The van der Waals surface area contributed by atoms with Gasteiger partial charge in [-0.2, -0.15) is 13.4 Å². The van der Waals surface area contributed by atoms with Crippen molar-refractivity contribution in [2.45, 2.75) is 13.3 Å². The molecule has 0 N–H and O–H groups in total. The number of carbonyl (C=O) groups excluding carboxylic acids is 1. The Hall–Kier alpha value is -2.61. The third kappa shape index (κ3) is 5.24. The van der Waals surface area contributed by atoms with Gasteiger partial charge in [0.1, 0.15) is 5.75 Å². The molecular weight excluding hydrogens is 334 g/mol. The van der Waals surface area contributed by atoms with Gasteiger partial charge in [0.05, 0.1) is 19.8 Å². The average Bonchev–Trinajstić information content (AvgIpc) is 2.51. The van der Waals surface area contributed by atoms with Gasteiger partial charge in [-0.25, -0.2) is 0 Å². The predicted molar refractivity (Wildman–Crippen MR) is 86.7 cm³/mol. The zero-order valence-corrected chi connectivity index (χ0v) is 14.3. The Labute approximate surface area is 140 Å². The number of ether oxygens (including phenoxy) is 2. The number of nitrogens with zero attached hydrogens (tertiary/aromatic N) is 1. The van der Waals surface area contributed by atoms with Gasteiger partial charge < -0.3 is 13.7 Å². The van der Waals surface area contributed by atoms with Gasteiger partial charge in [0.2, 0.25) is 11.8 Å². The fourth-order valence-electron chi connectivity index (χ4n) is 1.82. The minimum absolute atomic E-state index is 0.0691. The zero-order valence-electron chi connectivity index (χ0n) is 13.5. The van der Waals surface area contributed by atoms with Crippen LogP contribution in [-0.2, 0) is 26.1 Å². The number of aromatic nitrogens is 1. The Bertz CT molecular complexity index is 830. The van der Waals surface area contributed by atoms with Crippen LogP contribution in [0.25, 0.3) is 0 Å². The van der Waals surface area contributed by atoms with E-state index in [0.717, 1.165) is 17.4 Å². The van der Waals surface area contributed by atoms with Crippen molar-refractivity contribution < 1.29 is 26.9 Å². The first kappa shape index (κ1) is 17.7. The van der Waals surface area contributed by atoms with Crippen molar-refractivity contribution in [1.82, 2.24) is 4.98 Å². The second-order valence-corrected chi connectivity index (χ2v) is 6.63. The first-order valence-electron chi connectivity index (χ1n) is 6.97. The van der Waals surface area contributed by atoms with Crippen LogP contribution in [0.4, 0.5) is 0 Å². The molecule has 0 saturated carbocycles. The summed E-state index contributed by atoms with van der Waals surface area (Å²) in [4.78, 5) is 15.3. The first-order chi connectivity index (χ1) is 11.3. The number of pyridine rings is 1. The molecule has 1 aromatic carbocycles. The van der Waals surface area contributed by atoms with Crippen molar-refractivity contribution in [2.75, 3.05) is 13.4 Å². The van der Waals surface area contributed by atoms with Gasteiger partial charge in [-0.1, -0.05) is 12.1 Å². The molecular formula is C16H17NO6S. The number of hydrogen-bond acceptors (Lipinski definition) is 7. The van der Waals surface area contributed by atoms with Crippen LogP contribution < -0.4 is 8.92 Å². The van der Waals surface area contributed by atoms with Crippen LogP contribution >= 0.6 is 0 Å². The van der Waals surface area contributed by atoms with Crippen LogP contribution in [0.2, 0.25) is 0 Å². The molecule has 1 heterocycles. The molecule has 0 aliphatic carbocycles. The van der Waals surface area contributed by atoms with E-state index in [0.29, 0.717) is 5.75 Å². The van der Waals surface area contributed by atoms with Crippen LogP contribution in [0.3, 0.4) is 0 Å². The molecule has 0 spiro atoms. The summed E-state index contributed by atoms with van der Waals surface area (Å²) in [6, 6.07) is 9.93. The fraction of sp³-hybridized carbons (Fsp3) is 0.250. The zero-order chi connectivity index (χ0) is 17.7. The third-order valence-electron chi connectivity index (χ3n) is 2.98. The molecule has 2 aromatic rings. The number of rotatable bonds is 6. The van der Waals surface area contributed by atoms with E-state index in [4.69, 9.17) is 8.92 Å². The topological polar surface area (TPSA) is 91.8 Å². The summed E-state index contributed by atoms with van der Waals surface area (Å²) in [5.74, 6) is 0.333. The van der Waals surface area contributed by atoms with Gasteiger partial charge in [0, 0.05) is 11.6 Å². The van der Waals surface area contributed by atoms with E-state index in [-0.39, 0.29) is 24.2 Å². The van der Waals surface area contributed by atoms with Gasteiger partial charge in [-0.3, -0.25) is 4.79 Å². The molecule has 0 unspecified atom stereocenters. The van der Waals surface area contributed by atoms with E-state index in [1.54, 1.807) is 37.3 Å². The number of benzene rings is 1. The maximum atomic E-state index is 11.2. The minimum atomic E-state index is -3.66. The molecule has 1 aromatic heterocycles. The number of methoxy groups -OCH3 is 1. The third-order valence-corrected chi connectivity index (χ3v) is 3.45. The lowest BCUT2D eigenvalue weighted by Gasteiger charge is -2.10. The molecule has 0 radical (unpaired) electrons. The fourth-order valence-corrected chi connectivity index (χ4v) is 2.23. The molecule has 0 amide bonds. The number of hydrogen-bond donors (Lipinski definition) is 0. The molecule has 0 aliphatic heterocycles. The molecule has 0 aliphatic rings. The highest BCUT2D eigenvalue weighted by atomic mass is 32.2.